The van der Waals surface area contributed by atoms with Gasteiger partial charge >= 0.3 is 0 Å². The molecule has 1 amide bonds. The Hall–Kier alpha value is -2.99. The second kappa shape index (κ2) is 8.57. The molecule has 0 bridgehead atoms. The van der Waals surface area contributed by atoms with E-state index in [9.17, 15) is 9.18 Å². The molecular weight excluding hydrogens is 391 g/mol. The van der Waals surface area contributed by atoms with Gasteiger partial charge in [-0.3, -0.25) is 4.79 Å². The normalized spacial score (nSPS) is 14.6. The van der Waals surface area contributed by atoms with E-state index in [-0.39, 0.29) is 17.6 Å². The number of halogens is 2. The fourth-order valence-electron chi connectivity index (χ4n) is 3.47. The summed E-state index contributed by atoms with van der Waals surface area (Å²) in [5, 5.41) is 3.53. The molecule has 2 heterocycles. The topological polar surface area (TPSA) is 58.1 Å². The molecule has 0 unspecified atom stereocenters. The Morgan fingerprint density at radius 2 is 1.90 bits per heavy atom. The third-order valence-corrected chi connectivity index (χ3v) is 5.24. The second-order valence-corrected chi connectivity index (χ2v) is 7.45. The van der Waals surface area contributed by atoms with Crippen LogP contribution in [0, 0.1) is 11.7 Å². The third kappa shape index (κ3) is 4.71. The number of aromatic nitrogens is 2. The fraction of sp³-hybridized carbons (Fsp3) is 0.227. The molecule has 5 nitrogen and oxygen atoms in total. The summed E-state index contributed by atoms with van der Waals surface area (Å²) in [6.45, 7) is 1.43. The maximum atomic E-state index is 13.5. The zero-order valence-corrected chi connectivity index (χ0v) is 16.4. The van der Waals surface area contributed by atoms with Gasteiger partial charge in [-0.25, -0.2) is 14.4 Å². The van der Waals surface area contributed by atoms with Crippen LogP contribution in [0.4, 0.5) is 15.9 Å². The zero-order chi connectivity index (χ0) is 20.2. The van der Waals surface area contributed by atoms with Crippen LogP contribution in [0.15, 0.2) is 60.8 Å². The number of carbonyl (C=O) groups excluding carboxylic acids is 1. The molecule has 148 valence electrons. The van der Waals surface area contributed by atoms with Crippen molar-refractivity contribution in [2.75, 3.05) is 23.3 Å². The lowest BCUT2D eigenvalue weighted by atomic mass is 9.96. The third-order valence-electron chi connectivity index (χ3n) is 5.01. The van der Waals surface area contributed by atoms with Crippen LogP contribution in [0.1, 0.15) is 12.8 Å². The van der Waals surface area contributed by atoms with Gasteiger partial charge in [-0.1, -0.05) is 29.8 Å². The minimum atomic E-state index is -0.317. The Balaban J connectivity index is 1.39. The van der Waals surface area contributed by atoms with Crippen molar-refractivity contribution in [2.45, 2.75) is 12.8 Å². The molecule has 1 fully saturated rings. The Morgan fingerprint density at radius 3 is 2.66 bits per heavy atom. The van der Waals surface area contributed by atoms with E-state index < -0.39 is 0 Å². The van der Waals surface area contributed by atoms with Gasteiger partial charge in [-0.05, 0) is 49.2 Å². The zero-order valence-electron chi connectivity index (χ0n) is 15.7. The predicted octanol–water partition coefficient (Wildman–Crippen LogP) is 4.79. The summed E-state index contributed by atoms with van der Waals surface area (Å²) in [6.07, 6.45) is 3.14. The van der Waals surface area contributed by atoms with E-state index in [4.69, 9.17) is 11.6 Å². The summed E-state index contributed by atoms with van der Waals surface area (Å²) in [4.78, 5) is 23.5. The minimum Gasteiger partial charge on any atom is -0.356 e. The van der Waals surface area contributed by atoms with Crippen molar-refractivity contribution in [3.05, 3.63) is 71.6 Å². The first kappa shape index (κ1) is 19.3. The molecule has 1 N–H and O–H groups in total. The maximum absolute atomic E-state index is 13.5. The lowest BCUT2D eigenvalue weighted by Crippen LogP contribution is -2.38. The molecule has 0 radical (unpaired) electrons. The van der Waals surface area contributed by atoms with Crippen LogP contribution in [0.3, 0.4) is 0 Å². The first-order chi connectivity index (χ1) is 14.1. The summed E-state index contributed by atoms with van der Waals surface area (Å²) < 4.78 is 13.5. The summed E-state index contributed by atoms with van der Waals surface area (Å²) in [5.74, 6) is 0.906. The number of carbonyl (C=O) groups is 1. The molecule has 1 saturated heterocycles. The highest BCUT2D eigenvalue weighted by Gasteiger charge is 2.26. The lowest BCUT2D eigenvalue weighted by molar-refractivity contribution is -0.120. The van der Waals surface area contributed by atoms with Crippen LogP contribution in [0.5, 0.6) is 0 Å². The van der Waals surface area contributed by atoms with E-state index in [0.29, 0.717) is 35.2 Å². The molecule has 4 rings (SSSR count). The van der Waals surface area contributed by atoms with Crippen LogP contribution < -0.4 is 10.2 Å². The number of piperidine rings is 1. The molecule has 0 aliphatic carbocycles. The van der Waals surface area contributed by atoms with Crippen molar-refractivity contribution in [2.24, 2.45) is 5.92 Å². The van der Waals surface area contributed by atoms with Crippen molar-refractivity contribution in [3.63, 3.8) is 0 Å². The van der Waals surface area contributed by atoms with Crippen LogP contribution in [-0.4, -0.2) is 29.0 Å². The SMILES string of the molecule is O=C(Nc1cccc(Cl)c1)C1CCN(c2ccnc(-c3cccc(F)c3)n2)CC1. The highest BCUT2D eigenvalue weighted by molar-refractivity contribution is 6.30. The number of nitrogens with zero attached hydrogens (tertiary/aromatic N) is 3. The monoisotopic (exact) mass is 410 g/mol. The summed E-state index contributed by atoms with van der Waals surface area (Å²) >= 11 is 5.98. The van der Waals surface area contributed by atoms with Crippen molar-refractivity contribution >= 4 is 29.0 Å². The first-order valence-electron chi connectivity index (χ1n) is 9.49. The molecule has 0 saturated carbocycles. The molecule has 0 spiro atoms. The van der Waals surface area contributed by atoms with Crippen molar-refractivity contribution in [1.29, 1.82) is 0 Å². The standard InChI is InChI=1S/C22H20ClFN4O/c23-17-4-2-6-19(14-17)26-22(29)15-8-11-28(12-9-15)20-7-10-25-21(27-20)16-3-1-5-18(24)13-16/h1-7,10,13-15H,8-9,11-12H2,(H,26,29). The molecule has 0 atom stereocenters. The fourth-order valence-corrected chi connectivity index (χ4v) is 3.66. The van der Waals surface area contributed by atoms with Gasteiger partial charge in [0.1, 0.15) is 11.6 Å². The maximum Gasteiger partial charge on any atom is 0.227 e. The van der Waals surface area contributed by atoms with Gasteiger partial charge in [0.15, 0.2) is 5.82 Å². The van der Waals surface area contributed by atoms with E-state index in [1.54, 1.807) is 30.5 Å². The van der Waals surface area contributed by atoms with E-state index in [1.807, 2.05) is 18.2 Å². The Labute approximate surface area is 173 Å². The second-order valence-electron chi connectivity index (χ2n) is 7.01. The van der Waals surface area contributed by atoms with Crippen LogP contribution in [-0.2, 0) is 4.79 Å². The van der Waals surface area contributed by atoms with Crippen LogP contribution in [0.2, 0.25) is 5.02 Å². The molecule has 29 heavy (non-hydrogen) atoms. The molecule has 2 aromatic carbocycles. The van der Waals surface area contributed by atoms with Gasteiger partial charge in [0.05, 0.1) is 0 Å². The number of anilines is 2. The van der Waals surface area contributed by atoms with E-state index in [0.717, 1.165) is 18.7 Å². The molecule has 1 aliphatic heterocycles. The predicted molar refractivity (Wildman–Crippen MR) is 112 cm³/mol. The Kier molecular flexibility index (Phi) is 5.71. The number of amides is 1. The van der Waals surface area contributed by atoms with E-state index in [2.05, 4.69) is 20.2 Å². The van der Waals surface area contributed by atoms with Gasteiger partial charge in [-0.2, -0.15) is 0 Å². The summed E-state index contributed by atoms with van der Waals surface area (Å²) in [5.41, 5.74) is 1.35. The summed E-state index contributed by atoms with van der Waals surface area (Å²) in [6, 6.07) is 15.2. The number of rotatable bonds is 4. The molecule has 7 heteroatoms. The van der Waals surface area contributed by atoms with Gasteiger partial charge in [0.2, 0.25) is 5.91 Å². The van der Waals surface area contributed by atoms with Crippen LogP contribution in [0.25, 0.3) is 11.4 Å². The van der Waals surface area contributed by atoms with E-state index >= 15 is 0 Å². The first-order valence-corrected chi connectivity index (χ1v) is 9.87. The highest BCUT2D eigenvalue weighted by Crippen LogP contribution is 2.25. The average molecular weight is 411 g/mol. The van der Waals surface area contributed by atoms with Gasteiger partial charge in [0.25, 0.3) is 0 Å². The van der Waals surface area contributed by atoms with Gasteiger partial charge < -0.3 is 10.2 Å². The lowest BCUT2D eigenvalue weighted by Gasteiger charge is -2.32. The summed E-state index contributed by atoms with van der Waals surface area (Å²) in [7, 11) is 0. The van der Waals surface area contributed by atoms with Crippen molar-refractivity contribution < 1.29 is 9.18 Å². The van der Waals surface area contributed by atoms with Crippen molar-refractivity contribution in [1.82, 2.24) is 9.97 Å². The quantitative estimate of drug-likeness (QED) is 0.671. The minimum absolute atomic E-state index is 0.00931. The van der Waals surface area contributed by atoms with Gasteiger partial charge in [-0.15, -0.1) is 0 Å². The highest BCUT2D eigenvalue weighted by atomic mass is 35.5. The number of hydrogen-bond acceptors (Lipinski definition) is 4. The molecular formula is C22H20ClFN4O. The number of nitrogens with one attached hydrogen (secondary N) is 1. The smallest absolute Gasteiger partial charge is 0.227 e. The molecule has 1 aliphatic rings. The van der Waals surface area contributed by atoms with E-state index in [1.165, 1.54) is 12.1 Å². The Bertz CT molecular complexity index is 1020. The molecule has 3 aromatic rings. The van der Waals surface area contributed by atoms with Gasteiger partial charge in [0, 0.05) is 41.5 Å². The molecule has 1 aromatic heterocycles. The van der Waals surface area contributed by atoms with Crippen molar-refractivity contribution in [3.8, 4) is 11.4 Å². The largest absolute Gasteiger partial charge is 0.356 e. The Morgan fingerprint density at radius 1 is 1.10 bits per heavy atom. The number of hydrogen-bond donors (Lipinski definition) is 1. The average Bonchev–Trinajstić information content (AvgIpc) is 2.74. The number of benzene rings is 2. The van der Waals surface area contributed by atoms with Crippen LogP contribution >= 0.6 is 11.6 Å².